The van der Waals surface area contributed by atoms with Gasteiger partial charge in [0.2, 0.25) is 0 Å². The van der Waals surface area contributed by atoms with Crippen LogP contribution in [0.15, 0.2) is 53.2 Å². The Balaban J connectivity index is 1.46. The molecule has 0 aliphatic carbocycles. The minimum Gasteiger partial charge on any atom is -0.487 e. The van der Waals surface area contributed by atoms with Gasteiger partial charge in [-0.3, -0.25) is 9.78 Å². The maximum atomic E-state index is 12.1. The van der Waals surface area contributed by atoms with Gasteiger partial charge in [0.15, 0.2) is 5.69 Å². The van der Waals surface area contributed by atoms with E-state index in [2.05, 4.69) is 15.5 Å². The maximum Gasteiger partial charge on any atom is 0.273 e. The molecule has 0 saturated heterocycles. The van der Waals surface area contributed by atoms with Crippen LogP contribution >= 0.6 is 0 Å². The number of para-hydroxylation sites is 1. The second-order valence-electron chi connectivity index (χ2n) is 5.99. The Bertz CT molecular complexity index is 905. The zero-order chi connectivity index (χ0) is 17.2. The first-order valence-corrected chi connectivity index (χ1v) is 8.12. The number of carbonyl (C=O) groups is 1. The van der Waals surface area contributed by atoms with E-state index < -0.39 is 0 Å². The van der Waals surface area contributed by atoms with Gasteiger partial charge < -0.3 is 14.6 Å². The van der Waals surface area contributed by atoms with Crippen molar-refractivity contribution in [3.05, 3.63) is 65.7 Å². The van der Waals surface area contributed by atoms with E-state index >= 15 is 0 Å². The molecule has 25 heavy (non-hydrogen) atoms. The summed E-state index contributed by atoms with van der Waals surface area (Å²) in [4.78, 5) is 16.5. The van der Waals surface area contributed by atoms with Crippen molar-refractivity contribution in [2.75, 3.05) is 6.54 Å². The lowest BCUT2D eigenvalue weighted by atomic mass is 10.0. The van der Waals surface area contributed by atoms with Crippen molar-refractivity contribution in [2.45, 2.75) is 19.4 Å². The Hall–Kier alpha value is -3.15. The van der Waals surface area contributed by atoms with E-state index in [1.54, 1.807) is 19.2 Å². The first kappa shape index (κ1) is 15.4. The molecule has 1 aromatic carbocycles. The normalized spacial score (nSPS) is 15.5. The number of aryl methyl sites for hydroxylation is 1. The molecule has 1 N–H and O–H groups in total. The fraction of sp³-hybridized carbons (Fsp3) is 0.211. The highest BCUT2D eigenvalue weighted by molar-refractivity contribution is 5.92. The second-order valence-corrected chi connectivity index (χ2v) is 5.99. The Morgan fingerprint density at radius 1 is 1.28 bits per heavy atom. The van der Waals surface area contributed by atoms with Crippen LogP contribution < -0.4 is 10.1 Å². The van der Waals surface area contributed by atoms with Crippen LogP contribution in [0, 0.1) is 6.92 Å². The molecule has 0 bridgehead atoms. The molecule has 1 aliphatic heterocycles. The zero-order valence-electron chi connectivity index (χ0n) is 13.7. The molecule has 1 aliphatic rings. The average molecular weight is 335 g/mol. The van der Waals surface area contributed by atoms with Crippen molar-refractivity contribution < 1.29 is 14.1 Å². The van der Waals surface area contributed by atoms with Gasteiger partial charge in [0, 0.05) is 24.2 Å². The number of fused-ring (bicyclic) bond motifs is 1. The third-order valence-electron chi connectivity index (χ3n) is 4.12. The average Bonchev–Trinajstić information content (AvgIpc) is 3.26. The standard InChI is InChI=1S/C19H17N3O3/c1-12-9-17(22-25-12)19(23)21-11-14-10-13-5-4-6-15(18(13)24-14)16-7-2-3-8-20-16/h2-9,14H,10-11H2,1H3,(H,21,23). The quantitative estimate of drug-likeness (QED) is 0.793. The number of nitrogens with one attached hydrogen (secondary N) is 1. The van der Waals surface area contributed by atoms with Crippen LogP contribution in [0.5, 0.6) is 5.75 Å². The van der Waals surface area contributed by atoms with Crippen molar-refractivity contribution in [3.8, 4) is 17.0 Å². The van der Waals surface area contributed by atoms with Gasteiger partial charge in [-0.15, -0.1) is 0 Å². The van der Waals surface area contributed by atoms with E-state index in [4.69, 9.17) is 9.26 Å². The van der Waals surface area contributed by atoms with Gasteiger partial charge in [-0.05, 0) is 30.7 Å². The van der Waals surface area contributed by atoms with Gasteiger partial charge in [0.1, 0.15) is 17.6 Å². The van der Waals surface area contributed by atoms with Gasteiger partial charge in [-0.25, -0.2) is 0 Å². The van der Waals surface area contributed by atoms with E-state index in [0.717, 1.165) is 29.0 Å². The lowest BCUT2D eigenvalue weighted by Crippen LogP contribution is -2.34. The van der Waals surface area contributed by atoms with Gasteiger partial charge in [-0.1, -0.05) is 23.4 Å². The van der Waals surface area contributed by atoms with Crippen molar-refractivity contribution in [2.24, 2.45) is 0 Å². The molecule has 0 spiro atoms. The number of ether oxygens (including phenoxy) is 1. The lowest BCUT2D eigenvalue weighted by molar-refractivity contribution is 0.0924. The molecule has 126 valence electrons. The number of hydrogen-bond donors (Lipinski definition) is 1. The number of amides is 1. The highest BCUT2D eigenvalue weighted by atomic mass is 16.5. The van der Waals surface area contributed by atoms with Crippen LogP contribution in [0.3, 0.4) is 0 Å². The fourth-order valence-electron chi connectivity index (χ4n) is 2.95. The Labute approximate surface area is 144 Å². The van der Waals surface area contributed by atoms with E-state index in [1.807, 2.05) is 36.4 Å². The van der Waals surface area contributed by atoms with Crippen molar-refractivity contribution in [3.63, 3.8) is 0 Å². The summed E-state index contributed by atoms with van der Waals surface area (Å²) in [5.74, 6) is 1.19. The second kappa shape index (κ2) is 6.39. The number of carbonyl (C=O) groups excluding carboxylic acids is 1. The number of rotatable bonds is 4. The molecule has 2 aromatic heterocycles. The molecule has 0 radical (unpaired) electrons. The first-order chi connectivity index (χ1) is 12.2. The molecule has 4 rings (SSSR count). The molecule has 6 nitrogen and oxygen atoms in total. The summed E-state index contributed by atoms with van der Waals surface area (Å²) in [5.41, 5.74) is 3.25. The number of aromatic nitrogens is 2. The summed E-state index contributed by atoms with van der Waals surface area (Å²) >= 11 is 0. The van der Waals surface area contributed by atoms with Gasteiger partial charge in [0.05, 0.1) is 12.2 Å². The van der Waals surface area contributed by atoms with Crippen LogP contribution in [-0.4, -0.2) is 28.7 Å². The molecular formula is C19H17N3O3. The molecule has 1 amide bonds. The van der Waals surface area contributed by atoms with Crippen molar-refractivity contribution >= 4 is 5.91 Å². The van der Waals surface area contributed by atoms with E-state index in [0.29, 0.717) is 12.3 Å². The topological polar surface area (TPSA) is 77.2 Å². The van der Waals surface area contributed by atoms with Crippen LogP contribution in [0.25, 0.3) is 11.3 Å². The molecule has 3 heterocycles. The first-order valence-electron chi connectivity index (χ1n) is 8.12. The van der Waals surface area contributed by atoms with Crippen LogP contribution in [0.1, 0.15) is 21.8 Å². The highest BCUT2D eigenvalue weighted by Crippen LogP contribution is 2.37. The van der Waals surface area contributed by atoms with Gasteiger partial charge >= 0.3 is 0 Å². The third-order valence-corrected chi connectivity index (χ3v) is 4.12. The van der Waals surface area contributed by atoms with Crippen molar-refractivity contribution in [1.82, 2.24) is 15.5 Å². The summed E-state index contributed by atoms with van der Waals surface area (Å²) in [6.45, 7) is 2.15. The predicted molar refractivity (Wildman–Crippen MR) is 91.4 cm³/mol. The molecule has 1 atom stereocenters. The molecule has 1 unspecified atom stereocenters. The third kappa shape index (κ3) is 3.10. The summed E-state index contributed by atoms with van der Waals surface area (Å²) in [5, 5.41) is 6.56. The highest BCUT2D eigenvalue weighted by Gasteiger charge is 2.26. The molecule has 3 aromatic rings. The summed E-state index contributed by atoms with van der Waals surface area (Å²) in [6.07, 6.45) is 2.40. The molecule has 6 heteroatoms. The van der Waals surface area contributed by atoms with Crippen molar-refractivity contribution in [1.29, 1.82) is 0 Å². The van der Waals surface area contributed by atoms with Crippen LogP contribution in [0.2, 0.25) is 0 Å². The lowest BCUT2D eigenvalue weighted by Gasteiger charge is -2.12. The number of benzene rings is 1. The van der Waals surface area contributed by atoms with E-state index in [1.165, 1.54) is 0 Å². The van der Waals surface area contributed by atoms with Crippen LogP contribution in [-0.2, 0) is 6.42 Å². The Morgan fingerprint density at radius 3 is 2.96 bits per heavy atom. The zero-order valence-corrected chi connectivity index (χ0v) is 13.7. The maximum absolute atomic E-state index is 12.1. The molecule has 0 saturated carbocycles. The smallest absolute Gasteiger partial charge is 0.273 e. The number of nitrogens with zero attached hydrogens (tertiary/aromatic N) is 2. The number of pyridine rings is 1. The van der Waals surface area contributed by atoms with Gasteiger partial charge in [0.25, 0.3) is 5.91 Å². The largest absolute Gasteiger partial charge is 0.487 e. The summed E-state index contributed by atoms with van der Waals surface area (Å²) in [6, 6.07) is 13.5. The minimum absolute atomic E-state index is 0.114. The number of hydrogen-bond acceptors (Lipinski definition) is 5. The SMILES string of the molecule is Cc1cc(C(=O)NCC2Cc3cccc(-c4ccccn4)c3O2)no1. The van der Waals surface area contributed by atoms with E-state index in [-0.39, 0.29) is 17.7 Å². The summed E-state index contributed by atoms with van der Waals surface area (Å²) < 4.78 is 11.0. The fourth-order valence-corrected chi connectivity index (χ4v) is 2.95. The molecule has 0 fully saturated rings. The monoisotopic (exact) mass is 335 g/mol. The molecular weight excluding hydrogens is 318 g/mol. The van der Waals surface area contributed by atoms with Gasteiger partial charge in [-0.2, -0.15) is 0 Å². The van der Waals surface area contributed by atoms with E-state index in [9.17, 15) is 4.79 Å². The Morgan fingerprint density at radius 2 is 2.20 bits per heavy atom. The minimum atomic E-state index is -0.263. The van der Waals surface area contributed by atoms with Crippen LogP contribution in [0.4, 0.5) is 0 Å². The Kier molecular flexibility index (Phi) is 3.93. The summed E-state index contributed by atoms with van der Waals surface area (Å²) in [7, 11) is 0. The predicted octanol–water partition coefficient (Wildman–Crippen LogP) is 2.78.